The van der Waals surface area contributed by atoms with Gasteiger partial charge in [-0.3, -0.25) is 14.7 Å². The number of likely N-dealkylation sites (tertiary alicyclic amines) is 2. The van der Waals surface area contributed by atoms with Gasteiger partial charge in [0.05, 0.1) is 5.56 Å². The fourth-order valence-corrected chi connectivity index (χ4v) is 3.95. The van der Waals surface area contributed by atoms with Gasteiger partial charge < -0.3 is 19.7 Å². The summed E-state index contributed by atoms with van der Waals surface area (Å²) in [7, 11) is 2.10. The highest BCUT2D eigenvalue weighted by atomic mass is 19.4. The Hall–Kier alpha value is -3.62. The summed E-state index contributed by atoms with van der Waals surface area (Å²) in [5.74, 6) is -4.17. The van der Waals surface area contributed by atoms with Crippen molar-refractivity contribution < 1.29 is 50.9 Å². The van der Waals surface area contributed by atoms with Crippen LogP contribution in [0.2, 0.25) is 0 Å². The summed E-state index contributed by atoms with van der Waals surface area (Å²) in [5.41, 5.74) is 2.06. The van der Waals surface area contributed by atoms with E-state index in [0.717, 1.165) is 32.7 Å². The van der Waals surface area contributed by atoms with Crippen molar-refractivity contribution in [3.63, 3.8) is 0 Å². The fourth-order valence-electron chi connectivity index (χ4n) is 3.95. The lowest BCUT2D eigenvalue weighted by atomic mass is 10.0. The summed E-state index contributed by atoms with van der Waals surface area (Å²) in [6.07, 6.45) is -4.70. The maximum atomic E-state index is 12.5. The fraction of sp³-hybridized carbons (Fsp3) is 0.455. The molecular weight excluding hydrogens is 514 g/mol. The van der Waals surface area contributed by atoms with E-state index < -0.39 is 24.3 Å². The predicted octanol–water partition coefficient (Wildman–Crippen LogP) is 2.89. The van der Waals surface area contributed by atoms with Crippen molar-refractivity contribution in [3.8, 4) is 0 Å². The van der Waals surface area contributed by atoms with E-state index in [1.165, 1.54) is 5.69 Å². The van der Waals surface area contributed by atoms with Crippen LogP contribution in [0.15, 0.2) is 42.9 Å². The first kappa shape index (κ1) is 29.6. The number of carboxylic acid groups (broad SMARTS) is 2. The Kier molecular flexibility index (Phi) is 9.67. The molecule has 4 heterocycles. The quantitative estimate of drug-likeness (QED) is 0.578. The Morgan fingerprint density at radius 2 is 1.43 bits per heavy atom. The van der Waals surface area contributed by atoms with Crippen molar-refractivity contribution in [2.45, 2.75) is 18.9 Å². The highest BCUT2D eigenvalue weighted by Crippen LogP contribution is 2.32. The van der Waals surface area contributed by atoms with Gasteiger partial charge in [0.15, 0.2) is 0 Å². The number of rotatable bonds is 3. The standard InChI is InChI=1S/C18H22N4O.2C2HF3O2/c1-20-7-3-5-17(20)13-21-9-15-11-22(12-16(15)10-21)18(23)14-4-2-6-19-8-14;2*3-2(4,5)1(6)7/h2-8,15-16H,9-13H2,1H3;2*(H,6,7)/t15-,16+;;. The molecule has 2 aromatic heterocycles. The summed E-state index contributed by atoms with van der Waals surface area (Å²) in [5, 5.41) is 14.2. The third-order valence-corrected chi connectivity index (χ3v) is 5.68. The molecule has 15 heteroatoms. The number of alkyl halides is 6. The maximum absolute atomic E-state index is 12.5. The number of carbonyl (C=O) groups excluding carboxylic acids is 1. The summed E-state index contributed by atoms with van der Waals surface area (Å²) >= 11 is 0. The lowest BCUT2D eigenvalue weighted by Crippen LogP contribution is -2.33. The molecule has 1 amide bonds. The summed E-state index contributed by atoms with van der Waals surface area (Å²) < 4.78 is 65.7. The van der Waals surface area contributed by atoms with Gasteiger partial charge in [-0.05, 0) is 36.1 Å². The van der Waals surface area contributed by atoms with Gasteiger partial charge >= 0.3 is 24.3 Å². The third kappa shape index (κ3) is 8.77. The van der Waals surface area contributed by atoms with Gasteiger partial charge in [-0.2, -0.15) is 26.3 Å². The number of halogens is 6. The first-order valence-corrected chi connectivity index (χ1v) is 10.7. The number of carbonyl (C=O) groups is 3. The molecule has 4 rings (SSSR count). The maximum Gasteiger partial charge on any atom is 0.490 e. The molecule has 2 N–H and O–H groups in total. The number of carboxylic acids is 2. The number of pyridine rings is 1. The second kappa shape index (κ2) is 12.1. The van der Waals surface area contributed by atoms with Gasteiger partial charge in [-0.15, -0.1) is 0 Å². The van der Waals surface area contributed by atoms with Crippen LogP contribution in [0.4, 0.5) is 26.3 Å². The van der Waals surface area contributed by atoms with E-state index in [-0.39, 0.29) is 5.91 Å². The zero-order valence-corrected chi connectivity index (χ0v) is 19.4. The van der Waals surface area contributed by atoms with Crippen LogP contribution in [-0.2, 0) is 23.2 Å². The number of amides is 1. The number of aliphatic carboxylic acids is 2. The average molecular weight is 538 g/mol. The summed E-state index contributed by atoms with van der Waals surface area (Å²) in [4.78, 5) is 38.9. The van der Waals surface area contributed by atoms with E-state index in [0.29, 0.717) is 17.4 Å². The number of aromatic nitrogens is 2. The van der Waals surface area contributed by atoms with Crippen molar-refractivity contribution in [1.82, 2.24) is 19.4 Å². The topological polar surface area (TPSA) is 116 Å². The van der Waals surface area contributed by atoms with Crippen LogP contribution >= 0.6 is 0 Å². The van der Waals surface area contributed by atoms with Gasteiger partial charge in [-0.1, -0.05) is 0 Å². The number of aryl methyl sites for hydroxylation is 1. The number of nitrogens with zero attached hydrogens (tertiary/aromatic N) is 4. The van der Waals surface area contributed by atoms with E-state index >= 15 is 0 Å². The molecule has 2 aliphatic rings. The monoisotopic (exact) mass is 538 g/mol. The molecular formula is C22H24F6N4O5. The van der Waals surface area contributed by atoms with Crippen molar-refractivity contribution in [3.05, 3.63) is 54.1 Å². The minimum atomic E-state index is -5.08. The van der Waals surface area contributed by atoms with Crippen molar-refractivity contribution in [2.75, 3.05) is 26.2 Å². The lowest BCUT2D eigenvalue weighted by molar-refractivity contribution is -0.193. The van der Waals surface area contributed by atoms with E-state index in [1.807, 2.05) is 17.0 Å². The molecule has 0 bridgehead atoms. The van der Waals surface area contributed by atoms with Crippen LogP contribution in [0.3, 0.4) is 0 Å². The van der Waals surface area contributed by atoms with E-state index in [1.54, 1.807) is 12.4 Å². The Labute approximate surface area is 206 Å². The molecule has 0 radical (unpaired) electrons. The molecule has 0 aliphatic carbocycles. The first-order valence-electron chi connectivity index (χ1n) is 10.7. The predicted molar refractivity (Wildman–Crippen MR) is 115 cm³/mol. The number of hydrogen-bond donors (Lipinski definition) is 2. The molecule has 0 unspecified atom stereocenters. The Balaban J connectivity index is 0.000000286. The molecule has 2 aromatic rings. The van der Waals surface area contributed by atoms with Crippen LogP contribution in [0.5, 0.6) is 0 Å². The lowest BCUT2D eigenvalue weighted by Gasteiger charge is -2.21. The van der Waals surface area contributed by atoms with Crippen molar-refractivity contribution in [1.29, 1.82) is 0 Å². The molecule has 204 valence electrons. The molecule has 0 spiro atoms. The SMILES string of the molecule is Cn1cccc1CN1C[C@@H]2CN(C(=O)c3cccnc3)C[C@@H]2C1.O=C(O)C(F)(F)F.O=C(O)C(F)(F)F. The van der Waals surface area contributed by atoms with Crippen molar-refractivity contribution >= 4 is 17.8 Å². The number of fused-ring (bicyclic) bond motifs is 1. The van der Waals surface area contributed by atoms with E-state index in [9.17, 15) is 31.1 Å². The van der Waals surface area contributed by atoms with E-state index in [4.69, 9.17) is 19.8 Å². The molecule has 0 aromatic carbocycles. The first-order chi connectivity index (χ1) is 17.1. The molecule has 9 nitrogen and oxygen atoms in total. The molecule has 2 saturated heterocycles. The molecule has 0 saturated carbocycles. The van der Waals surface area contributed by atoms with Gasteiger partial charge in [0.25, 0.3) is 5.91 Å². The van der Waals surface area contributed by atoms with Gasteiger partial charge in [-0.25, -0.2) is 9.59 Å². The van der Waals surface area contributed by atoms with Crippen molar-refractivity contribution in [2.24, 2.45) is 18.9 Å². The smallest absolute Gasteiger partial charge is 0.475 e. The Morgan fingerprint density at radius 3 is 1.81 bits per heavy atom. The summed E-state index contributed by atoms with van der Waals surface area (Å²) in [6, 6.07) is 7.96. The second-order valence-electron chi connectivity index (χ2n) is 8.38. The van der Waals surface area contributed by atoms with Crippen LogP contribution in [-0.4, -0.2) is 85.9 Å². The zero-order valence-electron chi connectivity index (χ0n) is 19.4. The molecule has 37 heavy (non-hydrogen) atoms. The molecule has 2 fully saturated rings. The van der Waals surface area contributed by atoms with Crippen LogP contribution < -0.4 is 0 Å². The summed E-state index contributed by atoms with van der Waals surface area (Å²) in [6.45, 7) is 4.94. The molecule has 2 aliphatic heterocycles. The minimum absolute atomic E-state index is 0.126. The Morgan fingerprint density at radius 1 is 0.919 bits per heavy atom. The Bertz CT molecular complexity index is 1040. The zero-order chi connectivity index (χ0) is 28.0. The molecule has 2 atom stereocenters. The minimum Gasteiger partial charge on any atom is -0.475 e. The van der Waals surface area contributed by atoms with Crippen LogP contribution in [0.1, 0.15) is 16.1 Å². The second-order valence-corrected chi connectivity index (χ2v) is 8.38. The third-order valence-electron chi connectivity index (χ3n) is 5.68. The van der Waals surface area contributed by atoms with Crippen LogP contribution in [0.25, 0.3) is 0 Å². The van der Waals surface area contributed by atoms with Gasteiger partial charge in [0.1, 0.15) is 0 Å². The highest BCUT2D eigenvalue weighted by molar-refractivity contribution is 5.94. The largest absolute Gasteiger partial charge is 0.490 e. The number of hydrogen-bond acceptors (Lipinski definition) is 5. The average Bonchev–Trinajstić information content (AvgIpc) is 3.49. The van der Waals surface area contributed by atoms with E-state index in [2.05, 4.69) is 39.8 Å². The normalized spacial score (nSPS) is 19.3. The van der Waals surface area contributed by atoms with Gasteiger partial charge in [0.2, 0.25) is 0 Å². The van der Waals surface area contributed by atoms with Gasteiger partial charge in [0, 0.05) is 64.1 Å². The highest BCUT2D eigenvalue weighted by Gasteiger charge is 2.42. The van der Waals surface area contributed by atoms with Crippen LogP contribution in [0, 0.1) is 11.8 Å².